The molecule has 0 aliphatic carbocycles. The van der Waals surface area contributed by atoms with E-state index in [0.29, 0.717) is 11.3 Å². The Hall–Kier alpha value is -3.01. The third kappa shape index (κ3) is 3.58. The van der Waals surface area contributed by atoms with E-state index in [1.165, 1.54) is 18.2 Å². The van der Waals surface area contributed by atoms with Gasteiger partial charge in [-0.1, -0.05) is 17.2 Å². The van der Waals surface area contributed by atoms with E-state index in [2.05, 4.69) is 20.7 Å². The third-order valence-electron chi connectivity index (χ3n) is 3.35. The van der Waals surface area contributed by atoms with Crippen LogP contribution in [-0.2, 0) is 9.84 Å². The van der Waals surface area contributed by atoms with Crippen LogP contribution in [0.4, 0.5) is 6.01 Å². The monoisotopic (exact) mass is 362 g/mol. The third-order valence-corrected chi connectivity index (χ3v) is 5.10. The van der Waals surface area contributed by atoms with Gasteiger partial charge in [0, 0.05) is 11.6 Å². The summed E-state index contributed by atoms with van der Waals surface area (Å²) in [6, 6.07) is 7.42. The molecule has 0 aliphatic rings. The lowest BCUT2D eigenvalue weighted by atomic mass is 10.2. The minimum Gasteiger partial charge on any atom is -0.403 e. The summed E-state index contributed by atoms with van der Waals surface area (Å²) in [4.78, 5) is 12.1. The Morgan fingerprint density at radius 3 is 2.52 bits per heavy atom. The molecule has 1 amide bonds. The van der Waals surface area contributed by atoms with E-state index in [0.717, 1.165) is 0 Å². The first-order chi connectivity index (χ1) is 11.9. The summed E-state index contributed by atoms with van der Waals surface area (Å²) in [5, 5.41) is 13.5. The summed E-state index contributed by atoms with van der Waals surface area (Å²) in [6.07, 6.45) is 0. The number of benzene rings is 1. The van der Waals surface area contributed by atoms with Gasteiger partial charge in [-0.2, -0.15) is 0 Å². The number of carbonyl (C=O) groups is 1. The number of nitrogens with zero attached hydrogens (tertiary/aromatic N) is 3. The molecule has 0 fully saturated rings. The Bertz CT molecular complexity index is 1000. The van der Waals surface area contributed by atoms with Crippen LogP contribution >= 0.6 is 0 Å². The SMILES string of the molecule is CCS(=O)(=O)c1ccc(-c2nnc(NC(=O)c3cc(C)on3)o2)cc1. The zero-order valence-corrected chi connectivity index (χ0v) is 14.2. The van der Waals surface area contributed by atoms with Crippen LogP contribution in [0.3, 0.4) is 0 Å². The van der Waals surface area contributed by atoms with Crippen LogP contribution in [0.2, 0.25) is 0 Å². The molecule has 130 valence electrons. The lowest BCUT2D eigenvalue weighted by Crippen LogP contribution is -2.12. The normalized spacial score (nSPS) is 11.4. The molecule has 3 aromatic rings. The van der Waals surface area contributed by atoms with Gasteiger partial charge in [-0.05, 0) is 31.2 Å². The largest absolute Gasteiger partial charge is 0.403 e. The van der Waals surface area contributed by atoms with Gasteiger partial charge >= 0.3 is 6.01 Å². The fourth-order valence-electron chi connectivity index (χ4n) is 2.00. The van der Waals surface area contributed by atoms with Gasteiger partial charge in [-0.3, -0.25) is 10.1 Å². The van der Waals surface area contributed by atoms with E-state index < -0.39 is 15.7 Å². The van der Waals surface area contributed by atoms with E-state index in [1.807, 2.05) is 0 Å². The number of anilines is 1. The molecule has 10 heteroatoms. The molecule has 25 heavy (non-hydrogen) atoms. The van der Waals surface area contributed by atoms with Crippen molar-refractivity contribution in [1.82, 2.24) is 15.4 Å². The summed E-state index contributed by atoms with van der Waals surface area (Å²) in [5.74, 6) is 0.118. The first-order valence-corrected chi connectivity index (χ1v) is 8.95. The van der Waals surface area contributed by atoms with Crippen LogP contribution < -0.4 is 5.32 Å². The highest BCUT2D eigenvalue weighted by Gasteiger charge is 2.16. The lowest BCUT2D eigenvalue weighted by molar-refractivity contribution is 0.101. The molecule has 1 N–H and O–H groups in total. The summed E-state index contributed by atoms with van der Waals surface area (Å²) in [7, 11) is -3.28. The Morgan fingerprint density at radius 2 is 1.92 bits per heavy atom. The second kappa shape index (κ2) is 6.48. The number of amides is 1. The molecule has 2 heterocycles. The van der Waals surface area contributed by atoms with E-state index in [4.69, 9.17) is 8.94 Å². The van der Waals surface area contributed by atoms with Crippen molar-refractivity contribution in [3.63, 3.8) is 0 Å². The Balaban J connectivity index is 1.76. The van der Waals surface area contributed by atoms with Crippen LogP contribution in [0.25, 0.3) is 11.5 Å². The summed E-state index contributed by atoms with van der Waals surface area (Å²) in [6.45, 7) is 3.24. The summed E-state index contributed by atoms with van der Waals surface area (Å²) >= 11 is 0. The highest BCUT2D eigenvalue weighted by atomic mass is 32.2. The first kappa shape index (κ1) is 16.8. The molecule has 9 nitrogen and oxygen atoms in total. The molecule has 0 aliphatic heterocycles. The van der Waals surface area contributed by atoms with Gasteiger partial charge in [0.05, 0.1) is 10.6 Å². The quantitative estimate of drug-likeness (QED) is 0.730. The molecule has 0 saturated heterocycles. The van der Waals surface area contributed by atoms with Gasteiger partial charge in [0.1, 0.15) is 5.76 Å². The standard InChI is InChI=1S/C15H14N4O5S/c1-3-25(21,22)11-6-4-10(5-7-11)14-17-18-15(23-14)16-13(20)12-8-9(2)24-19-12/h4-8H,3H2,1-2H3,(H,16,18,20). The average molecular weight is 362 g/mol. The summed E-state index contributed by atoms with van der Waals surface area (Å²) < 4.78 is 33.8. The highest BCUT2D eigenvalue weighted by molar-refractivity contribution is 7.91. The molecular formula is C15H14N4O5S. The van der Waals surface area contributed by atoms with Crippen molar-refractivity contribution < 1.29 is 22.2 Å². The van der Waals surface area contributed by atoms with Gasteiger partial charge in [0.15, 0.2) is 15.5 Å². The zero-order valence-electron chi connectivity index (χ0n) is 13.4. The number of rotatable bonds is 5. The van der Waals surface area contributed by atoms with Crippen molar-refractivity contribution in [2.45, 2.75) is 18.7 Å². The van der Waals surface area contributed by atoms with Crippen molar-refractivity contribution in [2.24, 2.45) is 0 Å². The fraction of sp³-hybridized carbons (Fsp3) is 0.200. The Morgan fingerprint density at radius 1 is 1.20 bits per heavy atom. The number of hydrogen-bond acceptors (Lipinski definition) is 8. The number of aryl methyl sites for hydroxylation is 1. The van der Waals surface area contributed by atoms with Crippen molar-refractivity contribution >= 4 is 21.8 Å². The molecule has 2 aromatic heterocycles. The molecular weight excluding hydrogens is 348 g/mol. The second-order valence-electron chi connectivity index (χ2n) is 5.12. The number of sulfone groups is 1. The van der Waals surface area contributed by atoms with Crippen LogP contribution in [0.15, 0.2) is 44.2 Å². The Labute approximate surface area is 143 Å². The maximum Gasteiger partial charge on any atom is 0.322 e. The second-order valence-corrected chi connectivity index (χ2v) is 7.40. The highest BCUT2D eigenvalue weighted by Crippen LogP contribution is 2.22. The predicted octanol–water partition coefficient (Wildman–Crippen LogP) is 2.08. The van der Waals surface area contributed by atoms with E-state index in [9.17, 15) is 13.2 Å². The fourth-order valence-corrected chi connectivity index (χ4v) is 2.88. The van der Waals surface area contributed by atoms with Gasteiger partial charge in [-0.25, -0.2) is 8.42 Å². The van der Waals surface area contributed by atoms with Gasteiger partial charge in [0.25, 0.3) is 5.91 Å². The number of aromatic nitrogens is 3. The molecule has 0 saturated carbocycles. The molecule has 0 bridgehead atoms. The summed E-state index contributed by atoms with van der Waals surface area (Å²) in [5.41, 5.74) is 0.617. The zero-order chi connectivity index (χ0) is 18.0. The molecule has 0 unspecified atom stereocenters. The lowest BCUT2D eigenvalue weighted by Gasteiger charge is -2.01. The Kier molecular flexibility index (Phi) is 4.36. The van der Waals surface area contributed by atoms with Crippen LogP contribution in [0.5, 0.6) is 0 Å². The smallest absolute Gasteiger partial charge is 0.322 e. The van der Waals surface area contributed by atoms with Crippen LogP contribution in [-0.4, -0.2) is 35.4 Å². The van der Waals surface area contributed by atoms with E-state index in [-0.39, 0.29) is 28.2 Å². The van der Waals surface area contributed by atoms with Gasteiger partial charge < -0.3 is 8.94 Å². The van der Waals surface area contributed by atoms with Crippen molar-refractivity contribution in [2.75, 3.05) is 11.1 Å². The molecule has 0 atom stereocenters. The maximum atomic E-state index is 11.9. The number of carbonyl (C=O) groups excluding carboxylic acids is 1. The average Bonchev–Trinajstić information content (AvgIpc) is 3.24. The van der Waals surface area contributed by atoms with Gasteiger partial charge in [0.2, 0.25) is 5.89 Å². The first-order valence-electron chi connectivity index (χ1n) is 7.30. The molecule has 1 aromatic carbocycles. The minimum atomic E-state index is -3.28. The van der Waals surface area contributed by atoms with E-state index >= 15 is 0 Å². The maximum absolute atomic E-state index is 11.9. The van der Waals surface area contributed by atoms with Crippen LogP contribution in [0, 0.1) is 6.92 Å². The molecule has 3 rings (SSSR count). The topological polar surface area (TPSA) is 128 Å². The molecule has 0 spiro atoms. The van der Waals surface area contributed by atoms with Crippen molar-refractivity contribution in [3.8, 4) is 11.5 Å². The predicted molar refractivity (Wildman–Crippen MR) is 86.7 cm³/mol. The van der Waals surface area contributed by atoms with Crippen molar-refractivity contribution in [1.29, 1.82) is 0 Å². The van der Waals surface area contributed by atoms with E-state index in [1.54, 1.807) is 26.0 Å². The minimum absolute atomic E-state index is 0.0185. The van der Waals surface area contributed by atoms with Crippen molar-refractivity contribution in [3.05, 3.63) is 41.8 Å². The molecule has 0 radical (unpaired) electrons. The van der Waals surface area contributed by atoms with Crippen LogP contribution in [0.1, 0.15) is 23.2 Å². The van der Waals surface area contributed by atoms with Gasteiger partial charge in [-0.15, -0.1) is 5.10 Å². The number of nitrogens with one attached hydrogen (secondary N) is 1. The number of hydrogen-bond donors (Lipinski definition) is 1.